The number of rotatable bonds is 3. The van der Waals surface area contributed by atoms with Crippen LogP contribution in [0.15, 0.2) is 41.4 Å². The lowest BCUT2D eigenvalue weighted by molar-refractivity contribution is 0.631. The molecule has 0 saturated heterocycles. The summed E-state index contributed by atoms with van der Waals surface area (Å²) < 4.78 is 0.900. The van der Waals surface area contributed by atoms with Crippen molar-refractivity contribution in [3.05, 3.63) is 57.5 Å². The highest BCUT2D eigenvalue weighted by molar-refractivity contribution is 9.10. The molecule has 6 heteroatoms. The van der Waals surface area contributed by atoms with Gasteiger partial charge in [0, 0.05) is 27.5 Å². The zero-order valence-electron chi connectivity index (χ0n) is 8.77. The van der Waals surface area contributed by atoms with Crippen LogP contribution in [0.2, 0.25) is 5.02 Å². The molecule has 3 N–H and O–H groups in total. The fraction of sp³-hybridized carbons (Fsp3) is 0.0909. The Morgan fingerprint density at radius 1 is 1.18 bits per heavy atom. The Morgan fingerprint density at radius 2 is 1.88 bits per heavy atom. The summed E-state index contributed by atoms with van der Waals surface area (Å²) in [4.78, 5) is 7.95. The maximum Gasteiger partial charge on any atom is 0.115 e. The van der Waals surface area contributed by atoms with Gasteiger partial charge in [-0.1, -0.05) is 27.5 Å². The molecule has 0 aliphatic heterocycles. The van der Waals surface area contributed by atoms with Crippen LogP contribution in [0.3, 0.4) is 0 Å². The fourth-order valence-corrected chi connectivity index (χ4v) is 2.47. The normalized spacial score (nSPS) is 12.4. The first-order valence-electron chi connectivity index (χ1n) is 4.87. The second kappa shape index (κ2) is 5.55. The molecule has 0 aliphatic rings. The molecule has 1 aromatic heterocycles. The molecule has 4 nitrogen and oxygen atoms in total. The van der Waals surface area contributed by atoms with Crippen LogP contribution in [-0.2, 0) is 0 Å². The Morgan fingerprint density at radius 3 is 2.47 bits per heavy atom. The average molecular weight is 314 g/mol. The van der Waals surface area contributed by atoms with E-state index in [-0.39, 0.29) is 6.04 Å². The lowest BCUT2D eigenvalue weighted by atomic mass is 10.0. The van der Waals surface area contributed by atoms with Gasteiger partial charge in [0.25, 0.3) is 0 Å². The zero-order valence-corrected chi connectivity index (χ0v) is 11.1. The highest BCUT2D eigenvalue weighted by Gasteiger charge is 2.13. The molecule has 0 spiro atoms. The van der Waals surface area contributed by atoms with Crippen LogP contribution >= 0.6 is 27.5 Å². The second-order valence-electron chi connectivity index (χ2n) is 3.47. The van der Waals surface area contributed by atoms with Crippen molar-refractivity contribution in [2.75, 3.05) is 0 Å². The van der Waals surface area contributed by atoms with Gasteiger partial charge in [-0.2, -0.15) is 0 Å². The van der Waals surface area contributed by atoms with Gasteiger partial charge in [0.15, 0.2) is 0 Å². The molecule has 1 aromatic carbocycles. The number of hydrogen-bond acceptors (Lipinski definition) is 4. The lowest BCUT2D eigenvalue weighted by Gasteiger charge is -2.16. The predicted molar refractivity (Wildman–Crippen MR) is 70.4 cm³/mol. The first-order chi connectivity index (χ1) is 8.20. The van der Waals surface area contributed by atoms with Crippen molar-refractivity contribution >= 4 is 27.5 Å². The van der Waals surface area contributed by atoms with E-state index in [1.54, 1.807) is 12.4 Å². The van der Waals surface area contributed by atoms with Crippen molar-refractivity contribution in [2.45, 2.75) is 6.04 Å². The Bertz CT molecular complexity index is 486. The highest BCUT2D eigenvalue weighted by atomic mass is 79.9. The summed E-state index contributed by atoms with van der Waals surface area (Å²) in [5.41, 5.74) is 4.55. The van der Waals surface area contributed by atoms with Crippen molar-refractivity contribution in [2.24, 2.45) is 5.84 Å². The Balaban J connectivity index is 2.42. The first-order valence-corrected chi connectivity index (χ1v) is 6.05. The van der Waals surface area contributed by atoms with Crippen LogP contribution in [-0.4, -0.2) is 9.97 Å². The van der Waals surface area contributed by atoms with Crippen LogP contribution in [0.5, 0.6) is 0 Å². The third-order valence-corrected chi connectivity index (χ3v) is 2.97. The first kappa shape index (κ1) is 12.4. The maximum absolute atomic E-state index is 6.01. The smallest absolute Gasteiger partial charge is 0.115 e. The number of benzene rings is 1. The summed E-state index contributed by atoms with van der Waals surface area (Å²) in [6.45, 7) is 0. The van der Waals surface area contributed by atoms with E-state index in [0.29, 0.717) is 5.02 Å². The minimum absolute atomic E-state index is 0.189. The molecule has 0 amide bonds. The van der Waals surface area contributed by atoms with Gasteiger partial charge in [-0.3, -0.25) is 5.84 Å². The third kappa shape index (κ3) is 3.01. The third-order valence-electron chi connectivity index (χ3n) is 2.30. The largest absolute Gasteiger partial charge is 0.271 e. The van der Waals surface area contributed by atoms with Crippen LogP contribution in [0.1, 0.15) is 17.2 Å². The molecule has 2 aromatic rings. The van der Waals surface area contributed by atoms with Gasteiger partial charge >= 0.3 is 0 Å². The molecule has 0 fully saturated rings. The van der Waals surface area contributed by atoms with Crippen molar-refractivity contribution in [1.29, 1.82) is 0 Å². The van der Waals surface area contributed by atoms with Crippen LogP contribution < -0.4 is 11.3 Å². The van der Waals surface area contributed by atoms with Crippen LogP contribution in [0.25, 0.3) is 0 Å². The van der Waals surface area contributed by atoms with Crippen molar-refractivity contribution < 1.29 is 0 Å². The highest BCUT2D eigenvalue weighted by Crippen LogP contribution is 2.26. The number of aromatic nitrogens is 2. The summed E-state index contributed by atoms with van der Waals surface area (Å²) in [5, 5.41) is 0.645. The van der Waals surface area contributed by atoms with E-state index in [0.717, 1.165) is 15.6 Å². The topological polar surface area (TPSA) is 63.8 Å². The summed E-state index contributed by atoms with van der Waals surface area (Å²) in [5.74, 6) is 5.57. The van der Waals surface area contributed by atoms with Gasteiger partial charge in [0.2, 0.25) is 0 Å². The Kier molecular flexibility index (Phi) is 4.06. The number of nitrogens with two attached hydrogens (primary N) is 1. The number of hydrogen-bond donors (Lipinski definition) is 2. The monoisotopic (exact) mass is 312 g/mol. The quantitative estimate of drug-likeness (QED) is 0.675. The molecule has 2 rings (SSSR count). The van der Waals surface area contributed by atoms with Gasteiger partial charge in [-0.05, 0) is 23.8 Å². The van der Waals surface area contributed by atoms with Crippen molar-refractivity contribution in [1.82, 2.24) is 15.4 Å². The molecule has 1 heterocycles. The molecule has 17 heavy (non-hydrogen) atoms. The van der Waals surface area contributed by atoms with Gasteiger partial charge in [-0.15, -0.1) is 0 Å². The van der Waals surface area contributed by atoms with Gasteiger partial charge < -0.3 is 0 Å². The second-order valence-corrected chi connectivity index (χ2v) is 4.83. The molecule has 0 aliphatic carbocycles. The Hall–Kier alpha value is -1.01. The lowest BCUT2D eigenvalue weighted by Crippen LogP contribution is -2.29. The van der Waals surface area contributed by atoms with Crippen molar-refractivity contribution in [3.8, 4) is 0 Å². The summed E-state index contributed by atoms with van der Waals surface area (Å²) >= 11 is 9.41. The van der Waals surface area contributed by atoms with E-state index in [1.807, 2.05) is 18.2 Å². The molecule has 1 atom stereocenters. The molecular formula is C11H10BrClN4. The van der Waals surface area contributed by atoms with E-state index >= 15 is 0 Å². The van der Waals surface area contributed by atoms with Gasteiger partial charge in [0.1, 0.15) is 6.33 Å². The molecule has 88 valence electrons. The van der Waals surface area contributed by atoms with Crippen LogP contribution in [0.4, 0.5) is 0 Å². The fourth-order valence-electron chi connectivity index (χ4n) is 1.59. The summed E-state index contributed by atoms with van der Waals surface area (Å²) in [6.07, 6.45) is 4.91. The van der Waals surface area contributed by atoms with Crippen LogP contribution in [0, 0.1) is 0 Å². The SMILES string of the molecule is NNC(c1cncnc1)c1cc(Cl)cc(Br)c1. The summed E-state index contributed by atoms with van der Waals surface area (Å²) in [7, 11) is 0. The van der Waals surface area contributed by atoms with Gasteiger partial charge in [-0.25, -0.2) is 15.4 Å². The van der Waals surface area contributed by atoms with E-state index in [9.17, 15) is 0 Å². The number of nitrogens with zero attached hydrogens (tertiary/aromatic N) is 2. The minimum Gasteiger partial charge on any atom is -0.271 e. The molecular weight excluding hydrogens is 304 g/mol. The standard InChI is InChI=1S/C11H10BrClN4/c12-9-1-7(2-10(13)3-9)11(17-14)8-4-15-6-16-5-8/h1-6,11,17H,14H2. The average Bonchev–Trinajstić information content (AvgIpc) is 2.30. The number of halogens is 2. The zero-order chi connectivity index (χ0) is 12.3. The van der Waals surface area contributed by atoms with E-state index < -0.39 is 0 Å². The maximum atomic E-state index is 6.01. The predicted octanol–water partition coefficient (Wildman–Crippen LogP) is 2.45. The summed E-state index contributed by atoms with van der Waals surface area (Å²) in [6, 6.07) is 5.43. The molecule has 0 saturated carbocycles. The minimum atomic E-state index is -0.189. The van der Waals surface area contributed by atoms with E-state index in [2.05, 4.69) is 31.3 Å². The van der Waals surface area contributed by atoms with E-state index in [4.69, 9.17) is 17.4 Å². The molecule has 1 unspecified atom stereocenters. The van der Waals surface area contributed by atoms with Crippen molar-refractivity contribution in [3.63, 3.8) is 0 Å². The molecule has 0 bridgehead atoms. The molecule has 0 radical (unpaired) electrons. The van der Waals surface area contributed by atoms with Gasteiger partial charge in [0.05, 0.1) is 6.04 Å². The number of nitrogens with one attached hydrogen (secondary N) is 1. The number of hydrazine groups is 1. The van der Waals surface area contributed by atoms with E-state index in [1.165, 1.54) is 6.33 Å². The Labute approximate surface area is 112 Å².